The quantitative estimate of drug-likeness (QED) is 0.274. The number of thiazole rings is 1. The van der Waals surface area contributed by atoms with Gasteiger partial charge in [-0.3, -0.25) is 0 Å². The van der Waals surface area contributed by atoms with Crippen molar-refractivity contribution in [1.29, 1.82) is 0 Å². The molecule has 0 aliphatic heterocycles. The van der Waals surface area contributed by atoms with E-state index in [9.17, 15) is 9.59 Å². The smallest absolute Gasteiger partial charge is 0.338 e. The first-order valence-corrected chi connectivity index (χ1v) is 10.7. The maximum absolute atomic E-state index is 12.5. The minimum absolute atomic E-state index is 0.0499. The summed E-state index contributed by atoms with van der Waals surface area (Å²) in [6.45, 7) is 2.21. The van der Waals surface area contributed by atoms with Gasteiger partial charge in [-0.15, -0.1) is 11.3 Å². The normalized spacial score (nSPS) is 10.9. The first-order chi connectivity index (χ1) is 14.5. The number of fused-ring (bicyclic) bond motifs is 1. The Morgan fingerprint density at radius 2 is 2.03 bits per heavy atom. The van der Waals surface area contributed by atoms with Crippen LogP contribution in [0.25, 0.3) is 11.0 Å². The second-order valence-electron chi connectivity index (χ2n) is 6.48. The van der Waals surface area contributed by atoms with Gasteiger partial charge >= 0.3 is 11.6 Å². The largest absolute Gasteiger partial charge is 0.487 e. The standard InChI is InChI=1S/C22H16BrNO5S/c1-13-24-17(12-30-13)11-27-18-4-2-3-14(7-18)22(26)28-10-15-8-21(25)29-20-9-16(23)5-6-19(15)20/h2-9,12H,10-11H2,1H3. The summed E-state index contributed by atoms with van der Waals surface area (Å²) in [4.78, 5) is 28.7. The molecule has 0 amide bonds. The number of esters is 1. The number of halogens is 1. The van der Waals surface area contributed by atoms with E-state index >= 15 is 0 Å². The zero-order valence-corrected chi connectivity index (χ0v) is 18.3. The Morgan fingerprint density at radius 1 is 1.17 bits per heavy atom. The Labute approximate surface area is 184 Å². The van der Waals surface area contributed by atoms with Crippen molar-refractivity contribution in [3.05, 3.63) is 90.6 Å². The number of carbonyl (C=O) groups excluding carboxylic acids is 1. The minimum atomic E-state index is -0.511. The molecule has 0 atom stereocenters. The van der Waals surface area contributed by atoms with Crippen LogP contribution >= 0.6 is 27.3 Å². The first kappa shape index (κ1) is 20.3. The highest BCUT2D eigenvalue weighted by atomic mass is 79.9. The fourth-order valence-corrected chi connectivity index (χ4v) is 3.83. The molecule has 0 radical (unpaired) electrons. The Kier molecular flexibility index (Phi) is 5.96. The molecule has 2 aromatic heterocycles. The number of aromatic nitrogens is 1. The van der Waals surface area contributed by atoms with Gasteiger partial charge in [0.15, 0.2) is 0 Å². The van der Waals surface area contributed by atoms with E-state index in [4.69, 9.17) is 13.9 Å². The van der Waals surface area contributed by atoms with Crippen molar-refractivity contribution in [2.45, 2.75) is 20.1 Å². The van der Waals surface area contributed by atoms with Crippen LogP contribution in [-0.2, 0) is 18.0 Å². The van der Waals surface area contributed by atoms with Gasteiger partial charge in [0.05, 0.1) is 16.3 Å². The van der Waals surface area contributed by atoms with Gasteiger partial charge in [-0.2, -0.15) is 0 Å². The first-order valence-electron chi connectivity index (χ1n) is 9.01. The molecule has 4 rings (SSSR count). The molecule has 4 aromatic rings. The third kappa shape index (κ3) is 4.77. The molecule has 8 heteroatoms. The average molecular weight is 486 g/mol. The molecule has 0 aliphatic rings. The van der Waals surface area contributed by atoms with Crippen molar-refractivity contribution in [2.75, 3.05) is 0 Å². The van der Waals surface area contributed by atoms with Crippen molar-refractivity contribution in [3.8, 4) is 5.75 Å². The van der Waals surface area contributed by atoms with Crippen molar-refractivity contribution in [1.82, 2.24) is 4.98 Å². The predicted octanol–water partition coefficient (Wildman–Crippen LogP) is 5.26. The Bertz CT molecular complexity index is 1280. The number of nitrogens with zero attached hydrogens (tertiary/aromatic N) is 1. The number of rotatable bonds is 6. The van der Waals surface area contributed by atoms with Crippen LogP contribution in [0.15, 0.2) is 67.6 Å². The van der Waals surface area contributed by atoms with Gasteiger partial charge in [-0.1, -0.05) is 22.0 Å². The zero-order chi connectivity index (χ0) is 21.1. The summed E-state index contributed by atoms with van der Waals surface area (Å²) < 4.78 is 17.1. The molecular weight excluding hydrogens is 470 g/mol. The van der Waals surface area contributed by atoms with Gasteiger partial charge in [0.25, 0.3) is 0 Å². The molecule has 2 heterocycles. The van der Waals surface area contributed by atoms with Crippen molar-refractivity contribution < 1.29 is 18.7 Å². The Hall–Kier alpha value is -2.97. The lowest BCUT2D eigenvalue weighted by Gasteiger charge is -2.09. The fourth-order valence-electron chi connectivity index (χ4n) is 2.89. The van der Waals surface area contributed by atoms with Gasteiger partial charge < -0.3 is 13.9 Å². The highest BCUT2D eigenvalue weighted by Gasteiger charge is 2.12. The van der Waals surface area contributed by atoms with E-state index in [1.165, 1.54) is 6.07 Å². The molecule has 0 N–H and O–H groups in total. The fraction of sp³-hybridized carbons (Fsp3) is 0.136. The molecule has 0 saturated carbocycles. The van der Waals surface area contributed by atoms with Crippen LogP contribution in [-0.4, -0.2) is 11.0 Å². The van der Waals surface area contributed by atoms with Gasteiger partial charge in [0.1, 0.15) is 24.5 Å². The van der Waals surface area contributed by atoms with Crippen LogP contribution in [0.5, 0.6) is 5.75 Å². The summed E-state index contributed by atoms with van der Waals surface area (Å²) >= 11 is 4.90. The Morgan fingerprint density at radius 3 is 2.83 bits per heavy atom. The lowest BCUT2D eigenvalue weighted by atomic mass is 10.1. The topological polar surface area (TPSA) is 78.6 Å². The summed E-state index contributed by atoms with van der Waals surface area (Å²) in [6, 6.07) is 13.4. The SMILES string of the molecule is Cc1nc(COc2cccc(C(=O)OCc3cc(=O)oc4cc(Br)ccc34)c2)cs1. The van der Waals surface area contributed by atoms with Crippen LogP contribution in [0.3, 0.4) is 0 Å². The molecular formula is C22H16BrNO5S. The maximum atomic E-state index is 12.5. The lowest BCUT2D eigenvalue weighted by molar-refractivity contribution is 0.0473. The number of aryl methyl sites for hydroxylation is 1. The van der Waals surface area contributed by atoms with E-state index in [-0.39, 0.29) is 6.61 Å². The van der Waals surface area contributed by atoms with Gasteiger partial charge in [0.2, 0.25) is 0 Å². The molecule has 0 spiro atoms. The van der Waals surface area contributed by atoms with Crippen LogP contribution in [0.2, 0.25) is 0 Å². The molecule has 0 bridgehead atoms. The Balaban J connectivity index is 1.45. The molecule has 0 fully saturated rings. The monoisotopic (exact) mass is 485 g/mol. The van der Waals surface area contributed by atoms with E-state index in [0.717, 1.165) is 15.2 Å². The second-order valence-corrected chi connectivity index (χ2v) is 8.46. The predicted molar refractivity (Wildman–Crippen MR) is 117 cm³/mol. The summed E-state index contributed by atoms with van der Waals surface area (Å²) in [5, 5.41) is 3.62. The van der Waals surface area contributed by atoms with Crippen LogP contribution in [0.1, 0.15) is 26.6 Å². The molecule has 0 aliphatic carbocycles. The third-order valence-electron chi connectivity index (χ3n) is 4.27. The van der Waals surface area contributed by atoms with Gasteiger partial charge in [-0.05, 0) is 43.3 Å². The maximum Gasteiger partial charge on any atom is 0.338 e. The minimum Gasteiger partial charge on any atom is -0.487 e. The number of benzene rings is 2. The molecule has 152 valence electrons. The molecule has 2 aromatic carbocycles. The highest BCUT2D eigenvalue weighted by Crippen LogP contribution is 2.23. The van der Waals surface area contributed by atoms with E-state index in [2.05, 4.69) is 20.9 Å². The molecule has 0 saturated heterocycles. The van der Waals surface area contributed by atoms with Gasteiger partial charge in [0, 0.05) is 26.9 Å². The zero-order valence-electron chi connectivity index (χ0n) is 15.9. The third-order valence-corrected chi connectivity index (χ3v) is 5.59. The number of hydrogen-bond donors (Lipinski definition) is 0. The van der Waals surface area contributed by atoms with Gasteiger partial charge in [-0.25, -0.2) is 14.6 Å². The molecule has 0 unspecified atom stereocenters. The molecule has 6 nitrogen and oxygen atoms in total. The second kappa shape index (κ2) is 8.81. The van der Waals surface area contributed by atoms with E-state index in [0.29, 0.717) is 34.5 Å². The van der Waals surface area contributed by atoms with E-state index in [1.54, 1.807) is 47.7 Å². The summed E-state index contributed by atoms with van der Waals surface area (Å²) in [5.74, 6) is 0.0363. The highest BCUT2D eigenvalue weighted by molar-refractivity contribution is 9.10. The summed E-state index contributed by atoms with van der Waals surface area (Å²) in [5.41, 5.74) is 1.70. The number of ether oxygens (including phenoxy) is 2. The van der Waals surface area contributed by atoms with Crippen molar-refractivity contribution in [2.24, 2.45) is 0 Å². The van der Waals surface area contributed by atoms with E-state index < -0.39 is 11.6 Å². The molecule has 30 heavy (non-hydrogen) atoms. The van der Waals surface area contributed by atoms with Crippen molar-refractivity contribution in [3.63, 3.8) is 0 Å². The van der Waals surface area contributed by atoms with Crippen LogP contribution in [0, 0.1) is 6.92 Å². The average Bonchev–Trinajstić information content (AvgIpc) is 3.15. The van der Waals surface area contributed by atoms with Crippen LogP contribution in [0.4, 0.5) is 0 Å². The van der Waals surface area contributed by atoms with Crippen molar-refractivity contribution >= 4 is 44.2 Å². The summed E-state index contributed by atoms with van der Waals surface area (Å²) in [6.07, 6.45) is 0. The summed E-state index contributed by atoms with van der Waals surface area (Å²) in [7, 11) is 0. The number of carbonyl (C=O) groups is 1. The van der Waals surface area contributed by atoms with E-state index in [1.807, 2.05) is 18.4 Å². The van der Waals surface area contributed by atoms with Crippen LogP contribution < -0.4 is 10.4 Å². The number of hydrogen-bond acceptors (Lipinski definition) is 7. The lowest BCUT2D eigenvalue weighted by Crippen LogP contribution is -2.08.